The van der Waals surface area contributed by atoms with Gasteiger partial charge in [0.05, 0.1) is 11.7 Å². The Bertz CT molecular complexity index is 488. The van der Waals surface area contributed by atoms with Gasteiger partial charge in [-0.2, -0.15) is 0 Å². The van der Waals surface area contributed by atoms with E-state index < -0.39 is 0 Å². The smallest absolute Gasteiger partial charge is 0.0823 e. The van der Waals surface area contributed by atoms with Gasteiger partial charge in [0, 0.05) is 11.1 Å². The van der Waals surface area contributed by atoms with Crippen LogP contribution >= 0.6 is 15.9 Å². The zero-order valence-electron chi connectivity index (χ0n) is 12.8. The lowest BCUT2D eigenvalue weighted by molar-refractivity contribution is -0.134. The third-order valence-electron chi connectivity index (χ3n) is 5.37. The van der Waals surface area contributed by atoms with Gasteiger partial charge in [-0.25, -0.2) is 0 Å². The van der Waals surface area contributed by atoms with E-state index in [1.54, 1.807) is 0 Å². The molecule has 2 atom stereocenters. The van der Waals surface area contributed by atoms with Crippen molar-refractivity contribution >= 4 is 15.9 Å². The third kappa shape index (κ3) is 3.20. The minimum Gasteiger partial charge on any atom is -0.388 e. The maximum Gasteiger partial charge on any atom is 0.0823 e. The molecule has 2 aliphatic rings. The third-order valence-corrected chi connectivity index (χ3v) is 6.23. The molecule has 1 N–H and O–H groups in total. The Labute approximate surface area is 136 Å². The minimum absolute atomic E-state index is 0.0576. The molecule has 116 valence electrons. The van der Waals surface area contributed by atoms with Crippen LogP contribution in [0.2, 0.25) is 0 Å². The number of benzene rings is 1. The lowest BCUT2D eigenvalue weighted by Crippen LogP contribution is -2.42. The second kappa shape index (κ2) is 6.39. The topological polar surface area (TPSA) is 29.5 Å². The van der Waals surface area contributed by atoms with E-state index in [-0.39, 0.29) is 11.7 Å². The highest BCUT2D eigenvalue weighted by Gasteiger charge is 2.40. The Balaban J connectivity index is 1.78. The van der Waals surface area contributed by atoms with E-state index in [2.05, 4.69) is 28.9 Å². The predicted molar refractivity (Wildman–Crippen MR) is 88.3 cm³/mol. The first-order chi connectivity index (χ1) is 10.1. The molecule has 2 nitrogen and oxygen atoms in total. The average molecular weight is 353 g/mol. The molecule has 1 saturated heterocycles. The summed E-state index contributed by atoms with van der Waals surface area (Å²) >= 11 is 3.57. The SMILES string of the molecule is Cc1c(Br)cccc1C(O)C1CCOC2(CCCCC2)C1. The largest absolute Gasteiger partial charge is 0.388 e. The Morgan fingerprint density at radius 3 is 2.81 bits per heavy atom. The highest BCUT2D eigenvalue weighted by Crippen LogP contribution is 2.44. The highest BCUT2D eigenvalue weighted by molar-refractivity contribution is 9.10. The van der Waals surface area contributed by atoms with Crippen LogP contribution in [-0.4, -0.2) is 17.3 Å². The number of hydrogen-bond acceptors (Lipinski definition) is 2. The molecule has 1 aromatic carbocycles. The van der Waals surface area contributed by atoms with Gasteiger partial charge in [-0.15, -0.1) is 0 Å². The van der Waals surface area contributed by atoms with Crippen LogP contribution in [0, 0.1) is 12.8 Å². The van der Waals surface area contributed by atoms with E-state index in [0.717, 1.165) is 35.0 Å². The summed E-state index contributed by atoms with van der Waals surface area (Å²) in [5.41, 5.74) is 2.29. The number of ether oxygens (including phenoxy) is 1. The molecule has 1 heterocycles. The summed E-state index contributed by atoms with van der Waals surface area (Å²) < 4.78 is 7.24. The monoisotopic (exact) mass is 352 g/mol. The van der Waals surface area contributed by atoms with Crippen molar-refractivity contribution in [3.05, 3.63) is 33.8 Å². The van der Waals surface area contributed by atoms with Crippen molar-refractivity contribution in [2.75, 3.05) is 6.61 Å². The molecule has 3 rings (SSSR count). The summed E-state index contributed by atoms with van der Waals surface area (Å²) in [6.45, 7) is 2.88. The van der Waals surface area contributed by atoms with Gasteiger partial charge < -0.3 is 9.84 Å². The molecular weight excluding hydrogens is 328 g/mol. The molecule has 1 aliphatic carbocycles. The van der Waals surface area contributed by atoms with E-state index in [4.69, 9.17) is 4.74 Å². The molecule has 0 aromatic heterocycles. The van der Waals surface area contributed by atoms with Crippen LogP contribution in [0.1, 0.15) is 62.2 Å². The van der Waals surface area contributed by atoms with Gasteiger partial charge in [-0.05, 0) is 55.7 Å². The first-order valence-corrected chi connectivity index (χ1v) is 8.98. The Morgan fingerprint density at radius 2 is 2.05 bits per heavy atom. The van der Waals surface area contributed by atoms with Crippen molar-refractivity contribution in [3.63, 3.8) is 0 Å². The molecule has 2 unspecified atom stereocenters. The van der Waals surface area contributed by atoms with E-state index in [0.29, 0.717) is 5.92 Å². The number of aliphatic hydroxyl groups excluding tert-OH is 1. The summed E-state index contributed by atoms with van der Waals surface area (Å²) in [5.74, 6) is 0.324. The molecular formula is C18H25BrO2. The normalized spacial score (nSPS) is 26.7. The fraction of sp³-hybridized carbons (Fsp3) is 0.667. The first kappa shape index (κ1) is 15.5. The molecule has 1 spiro atoms. The van der Waals surface area contributed by atoms with Crippen molar-refractivity contribution in [2.24, 2.45) is 5.92 Å². The van der Waals surface area contributed by atoms with Crippen LogP contribution in [0.25, 0.3) is 0 Å². The standard InChI is InChI=1S/C18H25BrO2/c1-13-15(6-5-7-16(13)19)17(20)14-8-11-21-18(12-14)9-3-2-4-10-18/h5-7,14,17,20H,2-4,8-12H2,1H3. The van der Waals surface area contributed by atoms with Gasteiger partial charge in [0.1, 0.15) is 0 Å². The van der Waals surface area contributed by atoms with Gasteiger partial charge in [-0.1, -0.05) is 47.3 Å². The van der Waals surface area contributed by atoms with E-state index in [1.165, 1.54) is 32.1 Å². The molecule has 1 saturated carbocycles. The lowest BCUT2D eigenvalue weighted by atomic mass is 9.73. The summed E-state index contributed by atoms with van der Waals surface area (Å²) in [7, 11) is 0. The van der Waals surface area contributed by atoms with Gasteiger partial charge in [0.25, 0.3) is 0 Å². The summed E-state index contributed by atoms with van der Waals surface area (Å²) in [4.78, 5) is 0. The van der Waals surface area contributed by atoms with Crippen LogP contribution in [0.3, 0.4) is 0 Å². The molecule has 0 bridgehead atoms. The zero-order chi connectivity index (χ0) is 14.9. The van der Waals surface area contributed by atoms with E-state index >= 15 is 0 Å². The maximum absolute atomic E-state index is 10.9. The molecule has 1 aromatic rings. The Hall–Kier alpha value is -0.380. The number of aliphatic hydroxyl groups is 1. The van der Waals surface area contributed by atoms with Gasteiger partial charge in [0.2, 0.25) is 0 Å². The minimum atomic E-state index is -0.370. The predicted octanol–water partition coefficient (Wildman–Crippen LogP) is 4.92. The van der Waals surface area contributed by atoms with Crippen LogP contribution < -0.4 is 0 Å². The molecule has 3 heteroatoms. The average Bonchev–Trinajstić information content (AvgIpc) is 2.50. The number of hydrogen-bond donors (Lipinski definition) is 1. The summed E-state index contributed by atoms with van der Waals surface area (Å²) in [6, 6.07) is 6.12. The Kier molecular flexibility index (Phi) is 4.72. The summed E-state index contributed by atoms with van der Waals surface area (Å²) in [6.07, 6.45) is 7.85. The van der Waals surface area contributed by atoms with E-state index in [9.17, 15) is 5.11 Å². The zero-order valence-corrected chi connectivity index (χ0v) is 14.4. The highest BCUT2D eigenvalue weighted by atomic mass is 79.9. The number of halogens is 1. The number of rotatable bonds is 2. The second-order valence-corrected chi connectivity index (χ2v) is 7.60. The lowest BCUT2D eigenvalue weighted by Gasteiger charge is -2.44. The molecule has 2 fully saturated rings. The van der Waals surface area contributed by atoms with Crippen LogP contribution in [-0.2, 0) is 4.74 Å². The van der Waals surface area contributed by atoms with Crippen molar-refractivity contribution < 1.29 is 9.84 Å². The fourth-order valence-corrected chi connectivity index (χ4v) is 4.46. The van der Waals surface area contributed by atoms with Gasteiger partial charge in [0.15, 0.2) is 0 Å². The van der Waals surface area contributed by atoms with Crippen molar-refractivity contribution in [1.82, 2.24) is 0 Å². The van der Waals surface area contributed by atoms with Gasteiger partial charge in [-0.3, -0.25) is 0 Å². The van der Waals surface area contributed by atoms with Crippen LogP contribution in [0.15, 0.2) is 22.7 Å². The molecule has 0 amide bonds. The molecule has 0 radical (unpaired) electrons. The van der Waals surface area contributed by atoms with Crippen LogP contribution in [0.4, 0.5) is 0 Å². The van der Waals surface area contributed by atoms with Crippen LogP contribution in [0.5, 0.6) is 0 Å². The first-order valence-electron chi connectivity index (χ1n) is 8.18. The van der Waals surface area contributed by atoms with Crippen molar-refractivity contribution in [1.29, 1.82) is 0 Å². The second-order valence-electron chi connectivity index (χ2n) is 6.74. The van der Waals surface area contributed by atoms with E-state index in [1.807, 2.05) is 12.1 Å². The Morgan fingerprint density at radius 1 is 1.29 bits per heavy atom. The maximum atomic E-state index is 10.9. The fourth-order valence-electron chi connectivity index (χ4n) is 4.08. The van der Waals surface area contributed by atoms with Gasteiger partial charge >= 0.3 is 0 Å². The molecule has 21 heavy (non-hydrogen) atoms. The molecule has 1 aliphatic heterocycles. The van der Waals surface area contributed by atoms with Crippen molar-refractivity contribution in [3.8, 4) is 0 Å². The van der Waals surface area contributed by atoms with Crippen molar-refractivity contribution in [2.45, 2.75) is 63.6 Å². The summed E-state index contributed by atoms with van der Waals surface area (Å²) in [5, 5.41) is 10.9. The quantitative estimate of drug-likeness (QED) is 0.818.